The number of rotatable bonds is 5. The predicted molar refractivity (Wildman–Crippen MR) is 99.6 cm³/mol. The Morgan fingerprint density at radius 3 is 2.77 bits per heavy atom. The van der Waals surface area contributed by atoms with Crippen LogP contribution in [0.3, 0.4) is 0 Å². The Bertz CT molecular complexity index is 709. The van der Waals surface area contributed by atoms with Gasteiger partial charge in [-0.2, -0.15) is 0 Å². The number of nitrogens with zero attached hydrogens (tertiary/aromatic N) is 4. The third-order valence-electron chi connectivity index (χ3n) is 4.33. The van der Waals surface area contributed by atoms with Gasteiger partial charge in [-0.05, 0) is 19.1 Å². The van der Waals surface area contributed by atoms with E-state index in [4.69, 9.17) is 16.1 Å². The lowest BCUT2D eigenvalue weighted by Gasteiger charge is -2.36. The fourth-order valence-corrected chi connectivity index (χ4v) is 3.15. The highest BCUT2D eigenvalue weighted by Gasteiger charge is 2.21. The number of hydrogen-bond acceptors (Lipinski definition) is 4. The summed E-state index contributed by atoms with van der Waals surface area (Å²) >= 11 is 6.14. The van der Waals surface area contributed by atoms with Crippen molar-refractivity contribution >= 4 is 17.6 Å². The van der Waals surface area contributed by atoms with E-state index in [2.05, 4.69) is 25.3 Å². The Morgan fingerprint density at radius 1 is 1.31 bits per heavy atom. The van der Waals surface area contributed by atoms with Crippen LogP contribution in [-0.2, 0) is 13.1 Å². The van der Waals surface area contributed by atoms with Gasteiger partial charge in [-0.3, -0.25) is 4.90 Å². The lowest BCUT2D eigenvalue weighted by Crippen LogP contribution is -2.52. The summed E-state index contributed by atoms with van der Waals surface area (Å²) in [6, 6.07) is 6.63. The van der Waals surface area contributed by atoms with E-state index < -0.39 is 0 Å². The van der Waals surface area contributed by atoms with E-state index in [0.717, 1.165) is 44.4 Å². The van der Waals surface area contributed by atoms with E-state index in [-0.39, 0.29) is 5.82 Å². The molecule has 26 heavy (non-hydrogen) atoms. The summed E-state index contributed by atoms with van der Waals surface area (Å²) in [5, 5.41) is 7.68. The quantitative estimate of drug-likeness (QED) is 0.639. The Balaban J connectivity index is 1.58. The normalized spacial score (nSPS) is 16.1. The zero-order valence-corrected chi connectivity index (χ0v) is 15.5. The molecule has 0 saturated carbocycles. The van der Waals surface area contributed by atoms with Crippen LogP contribution in [0.2, 0.25) is 5.02 Å². The molecule has 1 aliphatic heterocycles. The number of piperazine rings is 1. The second kappa shape index (κ2) is 9.00. The van der Waals surface area contributed by atoms with Gasteiger partial charge in [-0.1, -0.05) is 22.8 Å². The molecule has 1 aliphatic rings. The minimum absolute atomic E-state index is 0.248. The number of aliphatic imine (C=N–C) groups is 1. The van der Waals surface area contributed by atoms with E-state index in [1.807, 2.05) is 13.0 Å². The van der Waals surface area contributed by atoms with Crippen molar-refractivity contribution in [2.24, 2.45) is 4.99 Å². The van der Waals surface area contributed by atoms with Crippen molar-refractivity contribution in [1.82, 2.24) is 20.3 Å². The maximum atomic E-state index is 14.0. The van der Waals surface area contributed by atoms with Gasteiger partial charge in [0, 0.05) is 55.9 Å². The largest absolute Gasteiger partial charge is 0.364 e. The number of benzene rings is 1. The third-order valence-corrected chi connectivity index (χ3v) is 4.69. The fourth-order valence-electron chi connectivity index (χ4n) is 2.93. The van der Waals surface area contributed by atoms with Gasteiger partial charge in [0.25, 0.3) is 0 Å². The molecule has 0 unspecified atom stereocenters. The Kier molecular flexibility index (Phi) is 6.46. The van der Waals surface area contributed by atoms with E-state index in [1.54, 1.807) is 18.4 Å². The molecule has 140 valence electrons. The average molecular weight is 380 g/mol. The molecule has 6 nitrogen and oxygen atoms in total. The van der Waals surface area contributed by atoms with E-state index in [1.165, 1.54) is 6.07 Å². The highest BCUT2D eigenvalue weighted by atomic mass is 35.5. The molecule has 1 aromatic carbocycles. The zero-order valence-electron chi connectivity index (χ0n) is 14.8. The van der Waals surface area contributed by atoms with Gasteiger partial charge in [0.1, 0.15) is 17.8 Å². The molecule has 2 heterocycles. The van der Waals surface area contributed by atoms with Crippen LogP contribution in [0, 0.1) is 5.82 Å². The minimum Gasteiger partial charge on any atom is -0.364 e. The topological polar surface area (TPSA) is 56.9 Å². The second-order valence-corrected chi connectivity index (χ2v) is 6.53. The van der Waals surface area contributed by atoms with Gasteiger partial charge in [0.05, 0.1) is 6.54 Å². The predicted octanol–water partition coefficient (Wildman–Crippen LogP) is 2.75. The summed E-state index contributed by atoms with van der Waals surface area (Å²) in [6.07, 6.45) is 1.55. The van der Waals surface area contributed by atoms with Crippen molar-refractivity contribution in [3.8, 4) is 0 Å². The van der Waals surface area contributed by atoms with Crippen molar-refractivity contribution in [2.45, 2.75) is 20.0 Å². The first kappa shape index (κ1) is 18.7. The Hall–Kier alpha value is -2.12. The van der Waals surface area contributed by atoms with Crippen molar-refractivity contribution < 1.29 is 8.91 Å². The molecular formula is C18H23ClFN5O. The van der Waals surface area contributed by atoms with Crippen molar-refractivity contribution in [3.63, 3.8) is 0 Å². The monoisotopic (exact) mass is 379 g/mol. The average Bonchev–Trinajstić information content (AvgIpc) is 3.16. The number of halogens is 2. The standard InChI is InChI=1S/C18H23ClFN5O/c1-2-21-18(22-12-14-6-11-26-23-14)25-9-7-24(8-10-25)13-15-16(19)4-3-5-17(15)20/h3-6,11H,2,7-10,12-13H2,1H3,(H,21,22). The molecule has 0 atom stereocenters. The molecule has 0 aliphatic carbocycles. The highest BCUT2D eigenvalue weighted by molar-refractivity contribution is 6.31. The lowest BCUT2D eigenvalue weighted by molar-refractivity contribution is 0.171. The molecule has 0 radical (unpaired) electrons. The van der Waals surface area contributed by atoms with Crippen LogP contribution < -0.4 is 5.32 Å². The van der Waals surface area contributed by atoms with Crippen LogP contribution in [-0.4, -0.2) is 53.6 Å². The first-order chi connectivity index (χ1) is 12.7. The summed E-state index contributed by atoms with van der Waals surface area (Å²) in [5.74, 6) is 0.613. The maximum absolute atomic E-state index is 14.0. The van der Waals surface area contributed by atoms with Crippen LogP contribution >= 0.6 is 11.6 Å². The Morgan fingerprint density at radius 2 is 2.12 bits per heavy atom. The van der Waals surface area contributed by atoms with Gasteiger partial charge in [0.15, 0.2) is 5.96 Å². The number of guanidine groups is 1. The van der Waals surface area contributed by atoms with Crippen molar-refractivity contribution in [2.75, 3.05) is 32.7 Å². The number of nitrogens with one attached hydrogen (secondary N) is 1. The minimum atomic E-state index is -0.248. The first-order valence-electron chi connectivity index (χ1n) is 8.75. The number of hydrogen-bond donors (Lipinski definition) is 1. The van der Waals surface area contributed by atoms with Crippen molar-refractivity contribution in [1.29, 1.82) is 0 Å². The summed E-state index contributed by atoms with van der Waals surface area (Å²) in [5.41, 5.74) is 1.36. The maximum Gasteiger partial charge on any atom is 0.194 e. The molecule has 8 heteroatoms. The molecule has 2 aromatic rings. The molecule has 0 bridgehead atoms. The molecule has 1 N–H and O–H groups in total. The molecule has 0 spiro atoms. The summed E-state index contributed by atoms with van der Waals surface area (Å²) in [4.78, 5) is 9.05. The SMILES string of the molecule is CCNC(=NCc1ccon1)N1CCN(Cc2c(F)cccc2Cl)CC1. The van der Waals surface area contributed by atoms with Crippen LogP contribution in [0.4, 0.5) is 4.39 Å². The number of aromatic nitrogens is 1. The highest BCUT2D eigenvalue weighted by Crippen LogP contribution is 2.21. The molecule has 3 rings (SSSR count). The summed E-state index contributed by atoms with van der Waals surface area (Å²) < 4.78 is 18.8. The first-order valence-corrected chi connectivity index (χ1v) is 9.13. The molecule has 1 aromatic heterocycles. The van der Waals surface area contributed by atoms with E-state index >= 15 is 0 Å². The second-order valence-electron chi connectivity index (χ2n) is 6.12. The van der Waals surface area contributed by atoms with Gasteiger partial charge >= 0.3 is 0 Å². The lowest BCUT2D eigenvalue weighted by atomic mass is 10.2. The molecule has 1 fully saturated rings. The fraction of sp³-hybridized carbons (Fsp3) is 0.444. The van der Waals surface area contributed by atoms with Gasteiger partial charge in [-0.15, -0.1) is 0 Å². The van der Waals surface area contributed by atoms with Gasteiger partial charge in [0.2, 0.25) is 0 Å². The summed E-state index contributed by atoms with van der Waals surface area (Å²) in [7, 11) is 0. The third kappa shape index (κ3) is 4.74. The van der Waals surface area contributed by atoms with Crippen LogP contribution in [0.1, 0.15) is 18.2 Å². The Labute approximate surface area is 157 Å². The van der Waals surface area contributed by atoms with Crippen LogP contribution in [0.5, 0.6) is 0 Å². The van der Waals surface area contributed by atoms with Gasteiger partial charge in [-0.25, -0.2) is 9.38 Å². The van der Waals surface area contributed by atoms with E-state index in [9.17, 15) is 4.39 Å². The zero-order chi connectivity index (χ0) is 18.4. The molecular weight excluding hydrogens is 357 g/mol. The molecule has 0 amide bonds. The van der Waals surface area contributed by atoms with Crippen LogP contribution in [0.15, 0.2) is 40.0 Å². The van der Waals surface area contributed by atoms with Crippen molar-refractivity contribution in [3.05, 3.63) is 52.6 Å². The van der Waals surface area contributed by atoms with Gasteiger partial charge < -0.3 is 14.7 Å². The van der Waals surface area contributed by atoms with Crippen LogP contribution in [0.25, 0.3) is 0 Å². The van der Waals surface area contributed by atoms with E-state index in [0.29, 0.717) is 23.7 Å². The smallest absolute Gasteiger partial charge is 0.194 e. The summed E-state index contributed by atoms with van der Waals surface area (Å²) in [6.45, 7) is 7.10. The molecule has 1 saturated heterocycles.